The van der Waals surface area contributed by atoms with Gasteiger partial charge < -0.3 is 25.2 Å². The van der Waals surface area contributed by atoms with Gasteiger partial charge in [0.25, 0.3) is 5.91 Å². The van der Waals surface area contributed by atoms with Gasteiger partial charge in [0, 0.05) is 5.69 Å². The second kappa shape index (κ2) is 9.81. The van der Waals surface area contributed by atoms with E-state index in [1.54, 1.807) is 6.07 Å². The molecular weight excluding hydrogens is 437 g/mol. The number of halogens is 1. The molecule has 1 fully saturated rings. The molecule has 0 unspecified atom stereocenters. The SMILES string of the molecule is COc1cc(/C=C2/NC(=O)N(CC(=O)Nc3ccc(F)cc3)C2=O)ccc1O[C@@H](C)C(=O)O. The lowest BCUT2D eigenvalue weighted by molar-refractivity contribution is -0.144. The number of carbonyl (C=O) groups is 4. The van der Waals surface area contributed by atoms with E-state index in [-0.39, 0.29) is 17.2 Å². The van der Waals surface area contributed by atoms with E-state index in [0.717, 1.165) is 17.0 Å². The average molecular weight is 457 g/mol. The third-order valence-corrected chi connectivity index (χ3v) is 4.54. The Bertz CT molecular complexity index is 1130. The minimum atomic E-state index is -1.15. The summed E-state index contributed by atoms with van der Waals surface area (Å²) < 4.78 is 23.5. The zero-order chi connectivity index (χ0) is 24.1. The van der Waals surface area contributed by atoms with E-state index < -0.39 is 42.3 Å². The van der Waals surface area contributed by atoms with Gasteiger partial charge in [-0.05, 0) is 55.0 Å². The first-order chi connectivity index (χ1) is 15.7. The van der Waals surface area contributed by atoms with Crippen LogP contribution >= 0.6 is 0 Å². The van der Waals surface area contributed by atoms with E-state index in [9.17, 15) is 23.6 Å². The largest absolute Gasteiger partial charge is 0.493 e. The molecular formula is C22H20FN3O7. The van der Waals surface area contributed by atoms with Crippen molar-refractivity contribution >= 4 is 35.6 Å². The molecule has 0 spiro atoms. The lowest BCUT2D eigenvalue weighted by Gasteiger charge is -2.14. The number of benzene rings is 2. The molecule has 0 saturated carbocycles. The van der Waals surface area contributed by atoms with Gasteiger partial charge in [0.2, 0.25) is 5.91 Å². The Hall–Kier alpha value is -4.41. The lowest BCUT2D eigenvalue weighted by Crippen LogP contribution is -2.38. The Morgan fingerprint density at radius 1 is 1.18 bits per heavy atom. The number of carboxylic acids is 1. The first-order valence-corrected chi connectivity index (χ1v) is 9.65. The zero-order valence-corrected chi connectivity index (χ0v) is 17.6. The summed E-state index contributed by atoms with van der Waals surface area (Å²) in [5.74, 6) is -2.55. The van der Waals surface area contributed by atoms with E-state index >= 15 is 0 Å². The van der Waals surface area contributed by atoms with E-state index in [1.807, 2.05) is 0 Å². The maximum atomic E-state index is 13.0. The fraction of sp³-hybridized carbons (Fsp3) is 0.182. The van der Waals surface area contributed by atoms with Gasteiger partial charge in [-0.1, -0.05) is 6.07 Å². The van der Waals surface area contributed by atoms with Crippen LogP contribution in [-0.2, 0) is 14.4 Å². The smallest absolute Gasteiger partial charge is 0.344 e. The molecule has 3 rings (SSSR count). The second-order valence-corrected chi connectivity index (χ2v) is 6.94. The van der Waals surface area contributed by atoms with Crippen molar-refractivity contribution in [3.05, 3.63) is 59.5 Å². The van der Waals surface area contributed by atoms with Crippen LogP contribution < -0.4 is 20.1 Å². The van der Waals surface area contributed by atoms with Crippen molar-refractivity contribution in [1.29, 1.82) is 0 Å². The van der Waals surface area contributed by atoms with Gasteiger partial charge >= 0.3 is 12.0 Å². The molecule has 3 N–H and O–H groups in total. The molecule has 1 saturated heterocycles. The number of hydrogen-bond donors (Lipinski definition) is 3. The Balaban J connectivity index is 1.71. The summed E-state index contributed by atoms with van der Waals surface area (Å²) in [4.78, 5) is 48.7. The molecule has 0 bridgehead atoms. The Kier molecular flexibility index (Phi) is 6.91. The van der Waals surface area contributed by atoms with Gasteiger partial charge in [-0.25, -0.2) is 18.9 Å². The quantitative estimate of drug-likeness (QED) is 0.409. The van der Waals surface area contributed by atoms with Gasteiger partial charge in [0.1, 0.15) is 18.1 Å². The van der Waals surface area contributed by atoms with Gasteiger partial charge in [-0.15, -0.1) is 0 Å². The number of carboxylic acid groups (broad SMARTS) is 1. The molecule has 0 aromatic heterocycles. The first-order valence-electron chi connectivity index (χ1n) is 9.65. The lowest BCUT2D eigenvalue weighted by atomic mass is 10.1. The van der Waals surface area contributed by atoms with Crippen LogP contribution in [-0.4, -0.2) is 53.6 Å². The minimum Gasteiger partial charge on any atom is -0.493 e. The van der Waals surface area contributed by atoms with Crippen LogP contribution in [0.15, 0.2) is 48.2 Å². The van der Waals surface area contributed by atoms with Crippen LogP contribution in [0.4, 0.5) is 14.9 Å². The van der Waals surface area contributed by atoms with Crippen LogP contribution in [0.1, 0.15) is 12.5 Å². The molecule has 1 heterocycles. The summed E-state index contributed by atoms with van der Waals surface area (Å²) in [5.41, 5.74) is 0.712. The number of carbonyl (C=O) groups excluding carboxylic acids is 3. The number of rotatable bonds is 8. The third kappa shape index (κ3) is 5.64. The van der Waals surface area contributed by atoms with E-state index in [2.05, 4.69) is 10.6 Å². The fourth-order valence-corrected chi connectivity index (χ4v) is 2.87. The Morgan fingerprint density at radius 3 is 2.52 bits per heavy atom. The molecule has 2 aromatic carbocycles. The average Bonchev–Trinajstić information content (AvgIpc) is 3.03. The minimum absolute atomic E-state index is 0.0655. The summed E-state index contributed by atoms with van der Waals surface area (Å²) in [5, 5.41) is 13.9. The van der Waals surface area contributed by atoms with E-state index in [4.69, 9.17) is 14.6 Å². The molecule has 0 aliphatic carbocycles. The van der Waals surface area contributed by atoms with Crippen molar-refractivity contribution in [1.82, 2.24) is 10.2 Å². The van der Waals surface area contributed by atoms with Crippen molar-refractivity contribution in [3.63, 3.8) is 0 Å². The molecule has 1 atom stereocenters. The van der Waals surface area contributed by atoms with Crippen LogP contribution in [0.25, 0.3) is 6.08 Å². The number of methoxy groups -OCH3 is 1. The number of hydrogen-bond acceptors (Lipinski definition) is 6. The summed E-state index contributed by atoms with van der Waals surface area (Å²) in [6, 6.07) is 8.77. The molecule has 4 amide bonds. The second-order valence-electron chi connectivity index (χ2n) is 6.94. The maximum absolute atomic E-state index is 13.0. The van der Waals surface area contributed by atoms with Gasteiger partial charge in [0.15, 0.2) is 17.6 Å². The van der Waals surface area contributed by atoms with Crippen molar-refractivity contribution in [2.24, 2.45) is 0 Å². The first kappa shape index (κ1) is 23.3. The number of nitrogens with zero attached hydrogens (tertiary/aromatic N) is 1. The summed E-state index contributed by atoms with van der Waals surface area (Å²) in [6.07, 6.45) is 0.277. The third-order valence-electron chi connectivity index (χ3n) is 4.54. The van der Waals surface area contributed by atoms with Crippen molar-refractivity contribution < 1.29 is 38.1 Å². The predicted octanol–water partition coefficient (Wildman–Crippen LogP) is 2.22. The topological polar surface area (TPSA) is 134 Å². The van der Waals surface area contributed by atoms with E-state index in [1.165, 1.54) is 44.4 Å². The van der Waals surface area contributed by atoms with Gasteiger partial charge in [-0.2, -0.15) is 0 Å². The summed E-state index contributed by atoms with van der Waals surface area (Å²) in [6.45, 7) is 0.827. The van der Waals surface area contributed by atoms with Crippen molar-refractivity contribution in [2.45, 2.75) is 13.0 Å². The number of amides is 4. The van der Waals surface area contributed by atoms with Crippen LogP contribution in [0, 0.1) is 5.82 Å². The molecule has 11 heteroatoms. The van der Waals surface area contributed by atoms with Crippen molar-refractivity contribution in [2.75, 3.05) is 19.0 Å². The maximum Gasteiger partial charge on any atom is 0.344 e. The van der Waals surface area contributed by atoms with Crippen LogP contribution in [0.3, 0.4) is 0 Å². The number of ether oxygens (including phenoxy) is 2. The molecule has 10 nitrogen and oxygen atoms in total. The standard InChI is InChI=1S/C22H20FN3O7/c1-12(21(29)30)33-17-8-3-13(10-18(17)32-2)9-16-20(28)26(22(31)25-16)11-19(27)24-15-6-4-14(23)5-7-15/h3-10,12H,11H2,1-2H3,(H,24,27)(H,25,31)(H,29,30)/b16-9+/t12-/m0/s1. The fourth-order valence-electron chi connectivity index (χ4n) is 2.87. The van der Waals surface area contributed by atoms with Crippen molar-refractivity contribution in [3.8, 4) is 11.5 Å². The molecule has 2 aromatic rings. The molecule has 1 aliphatic heterocycles. The van der Waals surface area contributed by atoms with E-state index in [0.29, 0.717) is 11.3 Å². The molecule has 0 radical (unpaired) electrons. The van der Waals surface area contributed by atoms with Gasteiger partial charge in [0.05, 0.1) is 7.11 Å². The van der Waals surface area contributed by atoms with Crippen LogP contribution in [0.5, 0.6) is 11.5 Å². The highest BCUT2D eigenvalue weighted by Gasteiger charge is 2.35. The highest BCUT2D eigenvalue weighted by atomic mass is 19.1. The number of nitrogens with one attached hydrogen (secondary N) is 2. The number of aliphatic carboxylic acids is 1. The number of imide groups is 1. The predicted molar refractivity (Wildman–Crippen MR) is 114 cm³/mol. The molecule has 33 heavy (non-hydrogen) atoms. The number of urea groups is 1. The highest BCUT2D eigenvalue weighted by molar-refractivity contribution is 6.15. The van der Waals surface area contributed by atoms with Gasteiger partial charge in [-0.3, -0.25) is 9.59 Å². The normalized spacial score (nSPS) is 15.2. The zero-order valence-electron chi connectivity index (χ0n) is 17.6. The monoisotopic (exact) mass is 457 g/mol. The molecule has 172 valence electrons. The highest BCUT2D eigenvalue weighted by Crippen LogP contribution is 2.30. The summed E-state index contributed by atoms with van der Waals surface area (Å²) in [7, 11) is 1.37. The Morgan fingerprint density at radius 2 is 1.88 bits per heavy atom. The Labute approximate surface area is 187 Å². The van der Waals surface area contributed by atoms with Crippen LogP contribution in [0.2, 0.25) is 0 Å². The molecule has 1 aliphatic rings. The summed E-state index contributed by atoms with van der Waals surface area (Å²) >= 11 is 0. The number of anilines is 1.